The molecule has 2 nitrogen and oxygen atoms in total. The van der Waals surface area contributed by atoms with E-state index in [0.29, 0.717) is 0 Å². The van der Waals surface area contributed by atoms with Gasteiger partial charge in [-0.05, 0) is 18.9 Å². The summed E-state index contributed by atoms with van der Waals surface area (Å²) in [4.78, 5) is 15.3. The third-order valence-corrected chi connectivity index (χ3v) is 2.49. The summed E-state index contributed by atoms with van der Waals surface area (Å²) < 4.78 is 0. The topological polar surface area (TPSA) is 29.4 Å². The molecule has 1 rings (SSSR count). The average Bonchev–Trinajstić information content (AvgIpc) is 2.26. The van der Waals surface area contributed by atoms with Crippen molar-refractivity contribution in [1.82, 2.24) is 0 Å². The molecule has 0 bridgehead atoms. The maximum Gasteiger partial charge on any atom is 0.159 e. The van der Waals surface area contributed by atoms with E-state index in [9.17, 15) is 4.79 Å². The molecule has 0 amide bonds. The molecule has 0 radical (unpaired) electrons. The summed E-state index contributed by atoms with van der Waals surface area (Å²) in [5.74, 6) is 0.112. The van der Waals surface area contributed by atoms with Crippen LogP contribution in [0.4, 0.5) is 0 Å². The smallest absolute Gasteiger partial charge is 0.159 e. The Kier molecular flexibility index (Phi) is 4.22. The van der Waals surface area contributed by atoms with Crippen LogP contribution < -0.4 is 0 Å². The zero-order chi connectivity index (χ0) is 11.3. The summed E-state index contributed by atoms with van der Waals surface area (Å²) in [6, 6.07) is 7.75. The van der Waals surface area contributed by atoms with Gasteiger partial charge in [-0.2, -0.15) is 0 Å². The highest BCUT2D eigenvalue weighted by Crippen LogP contribution is 2.07. The first kappa shape index (κ1) is 11.6. The molecule has 0 aliphatic heterocycles. The van der Waals surface area contributed by atoms with E-state index in [0.717, 1.165) is 18.4 Å². The predicted molar refractivity (Wildman–Crippen MR) is 63.8 cm³/mol. The molecule has 0 saturated heterocycles. The molecule has 0 saturated carbocycles. The molecule has 0 spiro atoms. The van der Waals surface area contributed by atoms with Gasteiger partial charge in [0, 0.05) is 24.7 Å². The van der Waals surface area contributed by atoms with Crippen molar-refractivity contribution in [2.24, 2.45) is 4.99 Å². The van der Waals surface area contributed by atoms with Crippen molar-refractivity contribution >= 4 is 11.5 Å². The molecule has 15 heavy (non-hydrogen) atoms. The van der Waals surface area contributed by atoms with Gasteiger partial charge in [0.2, 0.25) is 0 Å². The van der Waals surface area contributed by atoms with Crippen LogP contribution >= 0.6 is 0 Å². The minimum absolute atomic E-state index is 0.112. The predicted octanol–water partition coefficient (Wildman–Crippen LogP) is 2.91. The molecule has 0 aromatic heterocycles. The van der Waals surface area contributed by atoms with Gasteiger partial charge in [0.05, 0.1) is 0 Å². The molecule has 80 valence electrons. The molecule has 1 aromatic carbocycles. The van der Waals surface area contributed by atoms with Gasteiger partial charge in [-0.1, -0.05) is 31.2 Å². The first-order chi connectivity index (χ1) is 7.17. The van der Waals surface area contributed by atoms with E-state index in [2.05, 4.69) is 11.9 Å². The number of aliphatic imine (C=N–C) groups is 1. The summed E-state index contributed by atoms with van der Waals surface area (Å²) in [7, 11) is 1.82. The van der Waals surface area contributed by atoms with Gasteiger partial charge in [0.15, 0.2) is 5.78 Å². The monoisotopic (exact) mass is 203 g/mol. The van der Waals surface area contributed by atoms with Crippen molar-refractivity contribution in [3.8, 4) is 0 Å². The molecule has 0 atom stereocenters. The number of hydrogen-bond acceptors (Lipinski definition) is 2. The van der Waals surface area contributed by atoms with Crippen molar-refractivity contribution in [3.63, 3.8) is 0 Å². The SMILES string of the molecule is CCC(Cc1ccc(C(C)=O)cc1)=NC. The second kappa shape index (κ2) is 5.44. The van der Waals surface area contributed by atoms with Crippen LogP contribution in [-0.2, 0) is 6.42 Å². The maximum absolute atomic E-state index is 11.1. The Labute approximate surface area is 91.0 Å². The third kappa shape index (κ3) is 3.31. The molecule has 2 heteroatoms. The van der Waals surface area contributed by atoms with Gasteiger partial charge < -0.3 is 0 Å². The van der Waals surface area contributed by atoms with Gasteiger partial charge in [0.1, 0.15) is 0 Å². The first-order valence-corrected chi connectivity index (χ1v) is 5.21. The normalized spacial score (nSPS) is 11.5. The fourth-order valence-electron chi connectivity index (χ4n) is 1.46. The zero-order valence-corrected chi connectivity index (χ0v) is 9.58. The summed E-state index contributed by atoms with van der Waals surface area (Å²) in [5, 5.41) is 0. The van der Waals surface area contributed by atoms with E-state index < -0.39 is 0 Å². The lowest BCUT2D eigenvalue weighted by atomic mass is 10.0. The summed E-state index contributed by atoms with van der Waals surface area (Å²) in [5.41, 5.74) is 3.17. The highest BCUT2D eigenvalue weighted by molar-refractivity contribution is 5.94. The molecule has 0 aliphatic carbocycles. The second-order valence-electron chi connectivity index (χ2n) is 3.57. The van der Waals surface area contributed by atoms with Crippen LogP contribution in [-0.4, -0.2) is 18.5 Å². The quantitative estimate of drug-likeness (QED) is 0.546. The number of nitrogens with zero attached hydrogens (tertiary/aromatic N) is 1. The Morgan fingerprint density at radius 3 is 2.27 bits per heavy atom. The molecular weight excluding hydrogens is 186 g/mol. The standard InChI is InChI=1S/C13H17NO/c1-4-13(14-3)9-11-5-7-12(8-6-11)10(2)15/h5-8H,4,9H2,1-3H3. The molecule has 0 unspecified atom stereocenters. The Morgan fingerprint density at radius 2 is 1.87 bits per heavy atom. The fraction of sp³-hybridized carbons (Fsp3) is 0.385. The average molecular weight is 203 g/mol. The van der Waals surface area contributed by atoms with Gasteiger partial charge >= 0.3 is 0 Å². The summed E-state index contributed by atoms with van der Waals surface area (Å²) in [6.07, 6.45) is 1.86. The highest BCUT2D eigenvalue weighted by Gasteiger charge is 2.01. The number of rotatable bonds is 4. The number of carbonyl (C=O) groups is 1. The summed E-state index contributed by atoms with van der Waals surface area (Å²) >= 11 is 0. The van der Waals surface area contributed by atoms with E-state index in [1.807, 2.05) is 31.3 Å². The van der Waals surface area contributed by atoms with Crippen LogP contribution in [0.2, 0.25) is 0 Å². The van der Waals surface area contributed by atoms with E-state index in [1.165, 1.54) is 11.3 Å². The van der Waals surface area contributed by atoms with E-state index in [-0.39, 0.29) is 5.78 Å². The lowest BCUT2D eigenvalue weighted by Crippen LogP contribution is -2.01. The maximum atomic E-state index is 11.1. The minimum atomic E-state index is 0.112. The number of benzene rings is 1. The van der Waals surface area contributed by atoms with Gasteiger partial charge in [-0.25, -0.2) is 0 Å². The molecule has 0 N–H and O–H groups in total. The second-order valence-corrected chi connectivity index (χ2v) is 3.57. The van der Waals surface area contributed by atoms with Crippen molar-refractivity contribution < 1.29 is 4.79 Å². The van der Waals surface area contributed by atoms with E-state index in [4.69, 9.17) is 0 Å². The van der Waals surface area contributed by atoms with Crippen LogP contribution in [0.1, 0.15) is 36.2 Å². The van der Waals surface area contributed by atoms with Crippen molar-refractivity contribution in [3.05, 3.63) is 35.4 Å². The Hall–Kier alpha value is -1.44. The third-order valence-electron chi connectivity index (χ3n) is 2.49. The van der Waals surface area contributed by atoms with E-state index >= 15 is 0 Å². The molecule has 0 aliphatic rings. The van der Waals surface area contributed by atoms with Crippen molar-refractivity contribution in [2.75, 3.05) is 7.05 Å². The van der Waals surface area contributed by atoms with Crippen LogP contribution in [0.15, 0.2) is 29.3 Å². The molecular formula is C13H17NO. The van der Waals surface area contributed by atoms with Crippen LogP contribution in [0.3, 0.4) is 0 Å². The number of hydrogen-bond donors (Lipinski definition) is 0. The largest absolute Gasteiger partial charge is 0.297 e. The number of ketones is 1. The minimum Gasteiger partial charge on any atom is -0.297 e. The van der Waals surface area contributed by atoms with Crippen LogP contribution in [0.5, 0.6) is 0 Å². The molecule has 0 fully saturated rings. The van der Waals surface area contributed by atoms with Crippen LogP contribution in [0, 0.1) is 0 Å². The van der Waals surface area contributed by atoms with Crippen LogP contribution in [0.25, 0.3) is 0 Å². The summed E-state index contributed by atoms with van der Waals surface area (Å²) in [6.45, 7) is 3.69. The molecule has 0 heterocycles. The number of carbonyl (C=O) groups excluding carboxylic acids is 1. The van der Waals surface area contributed by atoms with E-state index in [1.54, 1.807) is 6.92 Å². The van der Waals surface area contributed by atoms with Gasteiger partial charge in [-0.3, -0.25) is 9.79 Å². The Balaban J connectivity index is 2.76. The molecule has 1 aromatic rings. The van der Waals surface area contributed by atoms with Crippen molar-refractivity contribution in [2.45, 2.75) is 26.7 Å². The van der Waals surface area contributed by atoms with Gasteiger partial charge in [0.25, 0.3) is 0 Å². The number of Topliss-reactive ketones (excluding diaryl/α,β-unsaturated/α-hetero) is 1. The highest BCUT2D eigenvalue weighted by atomic mass is 16.1. The Morgan fingerprint density at radius 1 is 1.27 bits per heavy atom. The zero-order valence-electron chi connectivity index (χ0n) is 9.58. The fourth-order valence-corrected chi connectivity index (χ4v) is 1.46. The Bertz CT molecular complexity index is 363. The van der Waals surface area contributed by atoms with Crippen molar-refractivity contribution in [1.29, 1.82) is 0 Å². The van der Waals surface area contributed by atoms with Gasteiger partial charge in [-0.15, -0.1) is 0 Å². The lowest BCUT2D eigenvalue weighted by molar-refractivity contribution is 0.101. The first-order valence-electron chi connectivity index (χ1n) is 5.21. The lowest BCUT2D eigenvalue weighted by Gasteiger charge is -2.03.